The average molecular weight is 704 g/mol. The van der Waals surface area contributed by atoms with Crippen LogP contribution >= 0.6 is 0 Å². The van der Waals surface area contributed by atoms with E-state index in [4.69, 9.17) is 28.8 Å². The number of methoxy groups -OCH3 is 1. The molecule has 4 rings (SSSR count). The maximum Gasteiger partial charge on any atom is 0.404 e. The topological polar surface area (TPSA) is 150 Å². The Labute approximate surface area is 290 Å². The Morgan fingerprint density at radius 3 is 2.55 bits per heavy atom. The molecule has 12 heteroatoms. The largest absolute Gasteiger partial charge is 0.465 e. The zero-order chi connectivity index (χ0) is 35.6. The molecule has 0 saturated carbocycles. The minimum Gasteiger partial charge on any atom is -0.465 e. The second-order valence-corrected chi connectivity index (χ2v) is 15.3. The zero-order valence-corrected chi connectivity index (χ0v) is 29.5. The number of amides is 1. The van der Waals surface area contributed by atoms with Crippen molar-refractivity contribution in [3.63, 3.8) is 0 Å². The van der Waals surface area contributed by atoms with E-state index < -0.39 is 46.3 Å². The predicted molar refractivity (Wildman–Crippen MR) is 186 cm³/mol. The third-order valence-corrected chi connectivity index (χ3v) is 11.5. The molecule has 0 radical (unpaired) electrons. The van der Waals surface area contributed by atoms with Crippen LogP contribution < -0.4 is 5.32 Å². The third kappa shape index (κ3) is 11.1. The number of hydrogen-bond donors (Lipinski definition) is 3. The van der Waals surface area contributed by atoms with Gasteiger partial charge in [-0.1, -0.05) is 56.5 Å². The van der Waals surface area contributed by atoms with Crippen molar-refractivity contribution in [2.45, 2.75) is 99.2 Å². The summed E-state index contributed by atoms with van der Waals surface area (Å²) in [6.45, 7) is 15.2. The molecule has 3 saturated heterocycles. The lowest BCUT2D eigenvalue weighted by atomic mass is 9.83. The number of sulfone groups is 1. The molecule has 3 fully saturated rings. The molecule has 49 heavy (non-hydrogen) atoms. The van der Waals surface area contributed by atoms with Gasteiger partial charge >= 0.3 is 6.09 Å². The lowest BCUT2D eigenvalue weighted by molar-refractivity contribution is -0.0768. The highest BCUT2D eigenvalue weighted by Crippen LogP contribution is 2.41. The fraction of sp³-hybridized carbons (Fsp3) is 0.595. The summed E-state index contributed by atoms with van der Waals surface area (Å²) in [6.07, 6.45) is 4.47. The van der Waals surface area contributed by atoms with E-state index in [0.717, 1.165) is 36.8 Å². The second-order valence-electron chi connectivity index (χ2n) is 13.3. The molecule has 1 amide bonds. The van der Waals surface area contributed by atoms with E-state index in [-0.39, 0.29) is 53.9 Å². The summed E-state index contributed by atoms with van der Waals surface area (Å²) in [7, 11) is -2.22. The van der Waals surface area contributed by atoms with Gasteiger partial charge in [-0.3, -0.25) is 0 Å². The van der Waals surface area contributed by atoms with E-state index in [1.54, 1.807) is 36.4 Å². The van der Waals surface area contributed by atoms with E-state index >= 15 is 0 Å². The number of carboxylic acid groups (broad SMARTS) is 1. The van der Waals surface area contributed by atoms with Gasteiger partial charge in [0, 0.05) is 38.8 Å². The summed E-state index contributed by atoms with van der Waals surface area (Å²) in [5, 5.41) is 21.8. The number of nitrogens with one attached hydrogen (secondary N) is 1. The van der Waals surface area contributed by atoms with Crippen molar-refractivity contribution < 1.29 is 47.1 Å². The lowest BCUT2D eigenvalue weighted by Crippen LogP contribution is -2.40. The molecular weight excluding hydrogens is 650 g/mol. The van der Waals surface area contributed by atoms with Crippen LogP contribution in [0.25, 0.3) is 0 Å². The van der Waals surface area contributed by atoms with Gasteiger partial charge in [0.25, 0.3) is 0 Å². The fourth-order valence-corrected chi connectivity index (χ4v) is 8.79. The summed E-state index contributed by atoms with van der Waals surface area (Å²) in [4.78, 5) is 11.2. The van der Waals surface area contributed by atoms with Gasteiger partial charge in [-0.15, -0.1) is 6.58 Å². The van der Waals surface area contributed by atoms with Gasteiger partial charge in [0.1, 0.15) is 0 Å². The van der Waals surface area contributed by atoms with Crippen LogP contribution in [0.1, 0.15) is 45.4 Å². The molecular formula is C37H53NO10S. The lowest BCUT2D eigenvalue weighted by Gasteiger charge is -2.38. The molecule has 0 spiro atoms. The number of aliphatic hydroxyl groups is 1. The first-order chi connectivity index (χ1) is 23.4. The number of ether oxygens (including phenoxy) is 5. The second kappa shape index (κ2) is 18.4. The van der Waals surface area contributed by atoms with E-state index in [9.17, 15) is 18.3 Å². The number of aliphatic hydroxyl groups excluding tert-OH is 1. The summed E-state index contributed by atoms with van der Waals surface area (Å²) < 4.78 is 57.9. The van der Waals surface area contributed by atoms with Crippen LogP contribution in [0.3, 0.4) is 0 Å². The molecule has 3 N–H and O–H groups in total. The molecule has 11 nitrogen and oxygen atoms in total. The molecule has 3 aliphatic rings. The molecule has 3 aliphatic heterocycles. The molecule has 1 aromatic rings. The molecule has 1 aromatic carbocycles. The maximum atomic E-state index is 13.6. The summed E-state index contributed by atoms with van der Waals surface area (Å²) in [5.74, 6) is -0.627. The molecule has 0 aliphatic carbocycles. The van der Waals surface area contributed by atoms with Crippen molar-refractivity contribution in [1.82, 2.24) is 5.32 Å². The third-order valence-electron chi connectivity index (χ3n) is 9.67. The summed E-state index contributed by atoms with van der Waals surface area (Å²) >= 11 is 0. The van der Waals surface area contributed by atoms with Gasteiger partial charge in [-0.25, -0.2) is 13.2 Å². The van der Waals surface area contributed by atoms with Gasteiger partial charge in [0.2, 0.25) is 0 Å². The molecule has 0 unspecified atom stereocenters. The monoisotopic (exact) mass is 703 g/mol. The van der Waals surface area contributed by atoms with Crippen molar-refractivity contribution in [3.05, 3.63) is 79.4 Å². The molecule has 272 valence electrons. The van der Waals surface area contributed by atoms with Crippen LogP contribution in [-0.4, -0.2) is 106 Å². The molecule has 0 bridgehead atoms. The average Bonchev–Trinajstić information content (AvgIpc) is 3.58. The van der Waals surface area contributed by atoms with Gasteiger partial charge in [-0.2, -0.15) is 0 Å². The van der Waals surface area contributed by atoms with Gasteiger partial charge in [0.15, 0.2) is 9.84 Å². The first-order valence-corrected chi connectivity index (χ1v) is 18.7. The van der Waals surface area contributed by atoms with Crippen molar-refractivity contribution in [1.29, 1.82) is 0 Å². The summed E-state index contributed by atoms with van der Waals surface area (Å²) in [5.41, 5.74) is 1.99. The SMILES string of the molecule is C=CCOCC=C[C@H]1CC(=C)[C@H](CC[C@H]2C[C@@H](C)C(=C)[C@@H](C[C@@H]3O[C@H](C[C@@H](O)CNC(=O)O)[C@H](OC)[C@H]3CS(=O)(=O)c3ccccc3)O2)O1. The standard InChI is InChI=1S/C37H53NO10S/c1-6-16-45-17-10-11-28-19-25(3)32(46-28)15-14-29-18-24(2)26(4)33(47-29)21-34-31(23-49(42,43)30-12-8-7-9-13-30)36(44-5)35(48-34)20-27(39)22-38-37(40)41/h6-13,24,27-29,31-36,38-39H,1,3-4,14-23H2,2,5H3,(H,40,41)/t24-,27-,28+,29+,31+,32+,33-,34+,35-,36-/m1/s1. The molecule has 0 aromatic heterocycles. The van der Waals surface area contributed by atoms with Crippen LogP contribution in [0.5, 0.6) is 0 Å². The van der Waals surface area contributed by atoms with Gasteiger partial charge in [0.05, 0.1) is 72.7 Å². The first-order valence-electron chi connectivity index (χ1n) is 17.0. The van der Waals surface area contributed by atoms with Crippen LogP contribution in [0, 0.1) is 11.8 Å². The highest BCUT2D eigenvalue weighted by molar-refractivity contribution is 7.91. The highest BCUT2D eigenvalue weighted by atomic mass is 32.2. The quantitative estimate of drug-likeness (QED) is 0.143. The Balaban J connectivity index is 1.44. The molecule has 10 atom stereocenters. The Morgan fingerprint density at radius 1 is 1.10 bits per heavy atom. The normalized spacial score (nSPS) is 31.3. The van der Waals surface area contributed by atoms with E-state index in [2.05, 4.69) is 32.0 Å². The van der Waals surface area contributed by atoms with E-state index in [0.29, 0.717) is 19.6 Å². The smallest absolute Gasteiger partial charge is 0.404 e. The Bertz CT molecular complexity index is 1400. The minimum absolute atomic E-state index is 0.0349. The van der Waals surface area contributed by atoms with Crippen LogP contribution in [0.2, 0.25) is 0 Å². The van der Waals surface area contributed by atoms with Crippen molar-refractivity contribution in [2.75, 3.05) is 32.6 Å². The summed E-state index contributed by atoms with van der Waals surface area (Å²) in [6, 6.07) is 8.26. The van der Waals surface area contributed by atoms with Gasteiger partial charge in [-0.05, 0) is 48.5 Å². The van der Waals surface area contributed by atoms with Crippen molar-refractivity contribution >= 4 is 15.9 Å². The zero-order valence-electron chi connectivity index (χ0n) is 28.7. The van der Waals surface area contributed by atoms with Crippen molar-refractivity contribution in [2.24, 2.45) is 11.8 Å². The molecule has 3 heterocycles. The van der Waals surface area contributed by atoms with E-state index in [1.807, 2.05) is 12.2 Å². The highest BCUT2D eigenvalue weighted by Gasteiger charge is 2.49. The number of rotatable bonds is 18. The number of carbonyl (C=O) groups is 1. The minimum atomic E-state index is -3.72. The maximum absolute atomic E-state index is 13.6. The Hall–Kier alpha value is -2.84. The van der Waals surface area contributed by atoms with Crippen LogP contribution in [0.4, 0.5) is 4.79 Å². The van der Waals surface area contributed by atoms with Crippen LogP contribution in [-0.2, 0) is 33.5 Å². The predicted octanol–water partition coefficient (Wildman–Crippen LogP) is 4.87. The first kappa shape index (κ1) is 39.0. The Morgan fingerprint density at radius 2 is 1.86 bits per heavy atom. The van der Waals surface area contributed by atoms with Gasteiger partial charge < -0.3 is 39.2 Å². The van der Waals surface area contributed by atoms with E-state index in [1.165, 1.54) is 7.11 Å². The number of hydrogen-bond acceptors (Lipinski definition) is 9. The number of benzene rings is 1. The van der Waals surface area contributed by atoms with Crippen LogP contribution in [0.15, 0.2) is 84.3 Å². The fourth-order valence-electron chi connectivity index (χ4n) is 7.11. The Kier molecular flexibility index (Phi) is 14.6. The van der Waals surface area contributed by atoms with Crippen molar-refractivity contribution in [3.8, 4) is 0 Å².